The minimum absolute atomic E-state index is 0.0711. The van der Waals surface area contributed by atoms with Gasteiger partial charge in [-0.1, -0.05) is 146 Å². The Morgan fingerprint density at radius 2 is 0.919 bits per heavy atom. The molecule has 372 valence electrons. The highest BCUT2D eigenvalue weighted by molar-refractivity contribution is 8.35. The predicted molar refractivity (Wildman–Crippen MR) is 293 cm³/mol. The first-order valence-electron chi connectivity index (χ1n) is 23.0. The maximum Gasteiger partial charge on any atom is 0.334 e. The van der Waals surface area contributed by atoms with Crippen molar-refractivity contribution in [2.75, 3.05) is 13.1 Å². The predicted octanol–water partition coefficient (Wildman–Crippen LogP) is 9.83. The van der Waals surface area contributed by atoms with Crippen molar-refractivity contribution in [3.05, 3.63) is 177 Å². The molecule has 0 spiro atoms. The number of thiocarbonyl (C=S) groups is 2. The summed E-state index contributed by atoms with van der Waals surface area (Å²) in [6.07, 6.45) is 1.47. The Bertz CT molecular complexity index is 3280. The molecule has 0 unspecified atom stereocenters. The molecule has 0 radical (unpaired) electrons. The molecule has 10 rings (SSSR count). The molecule has 2 aliphatic heterocycles. The topological polar surface area (TPSA) is 171 Å². The van der Waals surface area contributed by atoms with Gasteiger partial charge in [0, 0.05) is 34.7 Å². The molecular weight excluding hydrogens is 1060 g/mol. The second-order valence-corrected chi connectivity index (χ2v) is 22.1. The van der Waals surface area contributed by atoms with E-state index < -0.39 is 46.5 Å². The van der Waals surface area contributed by atoms with E-state index in [-0.39, 0.29) is 79.6 Å². The number of amides is 2. The van der Waals surface area contributed by atoms with Gasteiger partial charge in [-0.05, 0) is 71.8 Å². The summed E-state index contributed by atoms with van der Waals surface area (Å²) in [7, 11) is 0. The number of thiophene rings is 2. The summed E-state index contributed by atoms with van der Waals surface area (Å²) in [6.45, 7) is 2.84. The van der Waals surface area contributed by atoms with Crippen LogP contribution in [-0.4, -0.2) is 77.3 Å². The average Bonchev–Trinajstić information content (AvgIpc) is 4.30. The number of nitrogens with zero attached hydrogens (tertiary/aromatic N) is 4. The highest BCUT2D eigenvalue weighted by Crippen LogP contribution is 2.65. The Hall–Kier alpha value is -6.94. The van der Waals surface area contributed by atoms with Crippen LogP contribution in [0.5, 0.6) is 0 Å². The third-order valence-corrected chi connectivity index (χ3v) is 17.5. The van der Waals surface area contributed by atoms with Gasteiger partial charge in [-0.3, -0.25) is 38.6 Å². The fraction of sp³-hybridized carbons (Fsp3) is 0.185. The highest BCUT2D eigenvalue weighted by Gasteiger charge is 2.68. The van der Waals surface area contributed by atoms with Crippen molar-refractivity contribution in [2.45, 2.75) is 51.1 Å². The van der Waals surface area contributed by atoms with Gasteiger partial charge in [0.2, 0.25) is 10.8 Å². The second-order valence-electron chi connectivity index (χ2n) is 16.8. The van der Waals surface area contributed by atoms with Crippen LogP contribution >= 0.6 is 70.6 Å². The number of hydrogen-bond donors (Lipinski definition) is 0. The Morgan fingerprint density at radius 3 is 1.31 bits per heavy atom. The lowest BCUT2D eigenvalue weighted by atomic mass is 9.70. The first kappa shape index (κ1) is 50.6. The minimum atomic E-state index is -2.72. The zero-order valence-corrected chi connectivity index (χ0v) is 44.2. The summed E-state index contributed by atoms with van der Waals surface area (Å²) in [5, 5.41) is 0.196. The van der Waals surface area contributed by atoms with Gasteiger partial charge < -0.3 is 18.9 Å². The van der Waals surface area contributed by atoms with Crippen LogP contribution in [0.4, 0.5) is 5.00 Å². The molecule has 20 heteroatoms. The summed E-state index contributed by atoms with van der Waals surface area (Å²) < 4.78 is 25.3. The van der Waals surface area contributed by atoms with Crippen LogP contribution in [0, 0.1) is 0 Å². The normalized spacial score (nSPS) is 17.1. The van der Waals surface area contributed by atoms with Gasteiger partial charge in [0.15, 0.2) is 10.1 Å². The molecule has 2 aliphatic carbocycles. The molecule has 2 fully saturated rings. The number of ether oxygens (including phenoxy) is 4. The third kappa shape index (κ3) is 8.91. The van der Waals surface area contributed by atoms with Gasteiger partial charge in [0.05, 0.1) is 15.5 Å². The molecule has 14 nitrogen and oxygen atoms in total. The van der Waals surface area contributed by atoms with Crippen LogP contribution in [0.25, 0.3) is 15.8 Å². The number of rotatable bonds is 16. The number of thioether (sulfide) groups is 2. The Labute approximate surface area is 451 Å². The molecule has 4 aliphatic rings. The van der Waals surface area contributed by atoms with Crippen LogP contribution in [-0.2, 0) is 85.0 Å². The Morgan fingerprint density at radius 1 is 0.527 bits per heavy atom. The molecule has 2 aromatic heterocycles. The standard InChI is InChI=1S/C54H40N4O10S6/c1-3-57-45(59)43(73-51(57)69)55-37-26-36-39(54(37,49(63)67-29-33-21-13-7-14-22-33)50(64)68-30-34-23-15-8-16-24-34)40-42(71-36)41-35(25-38(72-41)56-44-46(60)58(4-2)52(70)74-44)53(40,47(61)65-27-31-17-9-5-10-18-31)48(62)66-28-32-19-11-6-12-20-32/h5-26H,3-4,27-30H2,1-2H3. The van der Waals surface area contributed by atoms with Crippen molar-refractivity contribution in [1.29, 1.82) is 0 Å². The Balaban J connectivity index is 1.24. The van der Waals surface area contributed by atoms with E-state index in [9.17, 15) is 9.59 Å². The van der Waals surface area contributed by atoms with E-state index in [4.69, 9.17) is 53.4 Å². The van der Waals surface area contributed by atoms with E-state index in [0.717, 1.165) is 46.2 Å². The molecule has 2 amide bonds. The maximum absolute atomic E-state index is 15.9. The van der Waals surface area contributed by atoms with Crippen LogP contribution in [0.3, 0.4) is 0 Å². The summed E-state index contributed by atoms with van der Waals surface area (Å²) in [5.74, 6) is -5.50. The van der Waals surface area contributed by atoms with Crippen LogP contribution in [0.1, 0.15) is 57.7 Å². The highest BCUT2D eigenvalue weighted by atomic mass is 32.2. The van der Waals surface area contributed by atoms with Gasteiger partial charge in [-0.25, -0.2) is 9.98 Å². The lowest BCUT2D eigenvalue weighted by Crippen LogP contribution is -2.51. The molecule has 0 saturated carbocycles. The van der Waals surface area contributed by atoms with E-state index in [1.54, 1.807) is 135 Å². The molecule has 0 atom stereocenters. The number of carbonyl (C=O) groups is 6. The van der Waals surface area contributed by atoms with Crippen molar-refractivity contribution in [2.24, 2.45) is 9.98 Å². The first-order valence-corrected chi connectivity index (χ1v) is 27.1. The van der Waals surface area contributed by atoms with Gasteiger partial charge in [0.25, 0.3) is 11.8 Å². The quantitative estimate of drug-likeness (QED) is 0.0388. The number of carbonyl (C=O) groups excluding carboxylic acids is 6. The molecule has 0 bridgehead atoms. The maximum atomic E-state index is 15.9. The number of fused-ring (bicyclic) bond motifs is 5. The van der Waals surface area contributed by atoms with Crippen molar-refractivity contribution in [1.82, 2.24) is 9.80 Å². The lowest BCUT2D eigenvalue weighted by Gasteiger charge is -2.32. The number of hydrogen-bond acceptors (Lipinski definition) is 18. The zero-order chi connectivity index (χ0) is 51.7. The van der Waals surface area contributed by atoms with E-state index in [0.29, 0.717) is 42.9 Å². The molecule has 4 aromatic carbocycles. The lowest BCUT2D eigenvalue weighted by molar-refractivity contribution is -0.167. The summed E-state index contributed by atoms with van der Waals surface area (Å²) >= 11 is 15.1. The van der Waals surface area contributed by atoms with Crippen molar-refractivity contribution < 1.29 is 47.7 Å². The van der Waals surface area contributed by atoms with E-state index >= 15 is 19.2 Å². The van der Waals surface area contributed by atoms with Gasteiger partial charge >= 0.3 is 23.9 Å². The third-order valence-electron chi connectivity index (χ3n) is 12.5. The first-order chi connectivity index (χ1) is 35.9. The fourth-order valence-corrected chi connectivity index (χ4v) is 14.1. The summed E-state index contributed by atoms with van der Waals surface area (Å²) in [4.78, 5) is 104. The molecule has 74 heavy (non-hydrogen) atoms. The number of aliphatic imine (C=N–C) groups is 2. The molecular formula is C54H40N4O10S6. The van der Waals surface area contributed by atoms with Gasteiger partial charge in [-0.15, -0.1) is 22.7 Å². The van der Waals surface area contributed by atoms with Gasteiger partial charge in [-0.2, -0.15) is 0 Å². The zero-order valence-electron chi connectivity index (χ0n) is 39.3. The second kappa shape index (κ2) is 21.1. The monoisotopic (exact) mass is 1100 g/mol. The van der Waals surface area contributed by atoms with E-state index in [1.165, 1.54) is 21.9 Å². The smallest absolute Gasteiger partial charge is 0.334 e. The van der Waals surface area contributed by atoms with Crippen LogP contribution in [0.2, 0.25) is 0 Å². The molecule has 0 N–H and O–H groups in total. The van der Waals surface area contributed by atoms with Crippen molar-refractivity contribution >= 4 is 136 Å². The van der Waals surface area contributed by atoms with E-state index in [1.807, 2.05) is 0 Å². The summed E-state index contributed by atoms with van der Waals surface area (Å²) in [5.41, 5.74) is -3.42. The van der Waals surface area contributed by atoms with Gasteiger partial charge in [0.1, 0.15) is 40.1 Å². The Kier molecular flexibility index (Phi) is 14.4. The average molecular weight is 1100 g/mol. The van der Waals surface area contributed by atoms with Crippen LogP contribution < -0.4 is 0 Å². The molecule has 4 heterocycles. The molecule has 6 aromatic rings. The van der Waals surface area contributed by atoms with Crippen molar-refractivity contribution in [3.63, 3.8) is 0 Å². The fourth-order valence-electron chi connectivity index (χ4n) is 8.92. The molecule has 2 saturated heterocycles. The minimum Gasteiger partial charge on any atom is -0.459 e. The number of benzene rings is 4. The number of esters is 4. The summed E-state index contributed by atoms with van der Waals surface area (Å²) in [6, 6.07) is 36.8. The van der Waals surface area contributed by atoms with Crippen molar-refractivity contribution in [3.8, 4) is 9.75 Å². The van der Waals surface area contributed by atoms with Crippen LogP contribution in [0.15, 0.2) is 143 Å². The van der Waals surface area contributed by atoms with E-state index in [2.05, 4.69) is 0 Å². The SMILES string of the molecule is CCN1C(=O)C(=NC2=Cc3sc4c(c3C2(C(=O)OCc2ccccc2)C(=O)OCc2ccccc2)C(C(=O)OCc2ccccc2)(C(=O)OCc2ccccc2)c2cc(N=C3SC(=S)N(CC)C3=O)sc2-4)SC1=S. The largest absolute Gasteiger partial charge is 0.459 e.